The fourth-order valence-corrected chi connectivity index (χ4v) is 3.84. The first-order valence-electron chi connectivity index (χ1n) is 8.11. The standard InChI is InChI=1S/C17H22N4OS/c1-11-7-6-10-14(12(11)2)18-16(22)19-17-21-20-15(23-17)13-8-4-3-5-9-13/h6-7,10,13H,3-5,8-9H2,1-2H3,(H2,18,19,21,22). The van der Waals surface area contributed by atoms with E-state index in [1.165, 1.54) is 43.4 Å². The van der Waals surface area contributed by atoms with E-state index in [4.69, 9.17) is 0 Å². The van der Waals surface area contributed by atoms with Gasteiger partial charge in [-0.3, -0.25) is 5.32 Å². The van der Waals surface area contributed by atoms with Gasteiger partial charge in [0.2, 0.25) is 5.13 Å². The summed E-state index contributed by atoms with van der Waals surface area (Å²) in [6.07, 6.45) is 6.21. The Hall–Kier alpha value is -1.95. The van der Waals surface area contributed by atoms with Gasteiger partial charge < -0.3 is 5.32 Å². The van der Waals surface area contributed by atoms with Gasteiger partial charge in [0, 0.05) is 11.6 Å². The highest BCUT2D eigenvalue weighted by molar-refractivity contribution is 7.15. The topological polar surface area (TPSA) is 66.9 Å². The summed E-state index contributed by atoms with van der Waals surface area (Å²) >= 11 is 1.49. The molecule has 0 radical (unpaired) electrons. The normalized spacial score (nSPS) is 15.4. The highest BCUT2D eigenvalue weighted by atomic mass is 32.1. The van der Waals surface area contributed by atoms with Crippen molar-refractivity contribution in [3.05, 3.63) is 34.3 Å². The molecule has 122 valence electrons. The summed E-state index contributed by atoms with van der Waals surface area (Å²) in [5, 5.41) is 15.6. The molecule has 6 heteroatoms. The van der Waals surface area contributed by atoms with E-state index >= 15 is 0 Å². The molecule has 3 rings (SSSR count). The highest BCUT2D eigenvalue weighted by Crippen LogP contribution is 2.35. The first-order valence-corrected chi connectivity index (χ1v) is 8.93. The minimum Gasteiger partial charge on any atom is -0.307 e. The van der Waals surface area contributed by atoms with Gasteiger partial charge in [-0.1, -0.05) is 42.7 Å². The summed E-state index contributed by atoms with van der Waals surface area (Å²) in [7, 11) is 0. The Balaban J connectivity index is 1.62. The van der Waals surface area contributed by atoms with Crippen LogP contribution in [-0.2, 0) is 0 Å². The second-order valence-electron chi connectivity index (χ2n) is 6.11. The third-order valence-corrected chi connectivity index (χ3v) is 5.47. The fourth-order valence-electron chi connectivity index (χ4n) is 2.94. The number of rotatable bonds is 3. The molecule has 1 aromatic carbocycles. The maximum Gasteiger partial charge on any atom is 0.325 e. The Bertz CT molecular complexity index is 692. The molecule has 0 aliphatic heterocycles. The predicted octanol–water partition coefficient (Wildman–Crippen LogP) is 4.85. The number of nitrogens with one attached hydrogen (secondary N) is 2. The highest BCUT2D eigenvalue weighted by Gasteiger charge is 2.20. The third kappa shape index (κ3) is 3.88. The van der Waals surface area contributed by atoms with E-state index in [2.05, 4.69) is 20.8 Å². The maximum absolute atomic E-state index is 12.1. The second-order valence-corrected chi connectivity index (χ2v) is 7.12. The average Bonchev–Trinajstić information content (AvgIpc) is 3.01. The van der Waals surface area contributed by atoms with Gasteiger partial charge in [0.05, 0.1) is 0 Å². The molecule has 2 N–H and O–H groups in total. The van der Waals surface area contributed by atoms with Crippen LogP contribution in [0.5, 0.6) is 0 Å². The minimum absolute atomic E-state index is 0.273. The molecule has 23 heavy (non-hydrogen) atoms. The van der Waals surface area contributed by atoms with Crippen molar-refractivity contribution < 1.29 is 4.79 Å². The van der Waals surface area contributed by atoms with Crippen molar-refractivity contribution in [2.24, 2.45) is 0 Å². The summed E-state index contributed by atoms with van der Waals surface area (Å²) < 4.78 is 0. The van der Waals surface area contributed by atoms with Crippen LogP contribution in [0.4, 0.5) is 15.6 Å². The van der Waals surface area contributed by atoms with E-state index in [1.54, 1.807) is 0 Å². The van der Waals surface area contributed by atoms with Crippen molar-refractivity contribution in [2.75, 3.05) is 10.6 Å². The number of amides is 2. The maximum atomic E-state index is 12.1. The summed E-state index contributed by atoms with van der Waals surface area (Å²) in [4.78, 5) is 12.1. The number of hydrogen-bond acceptors (Lipinski definition) is 4. The van der Waals surface area contributed by atoms with E-state index in [-0.39, 0.29) is 6.03 Å². The van der Waals surface area contributed by atoms with E-state index in [0.29, 0.717) is 11.0 Å². The molecule has 1 saturated carbocycles. The van der Waals surface area contributed by atoms with Gasteiger partial charge in [0.25, 0.3) is 0 Å². The number of benzene rings is 1. The zero-order valence-corrected chi connectivity index (χ0v) is 14.4. The Morgan fingerprint density at radius 2 is 1.91 bits per heavy atom. The van der Waals surface area contributed by atoms with Gasteiger partial charge in [-0.15, -0.1) is 10.2 Å². The van der Waals surface area contributed by atoms with Crippen molar-refractivity contribution in [3.63, 3.8) is 0 Å². The molecular formula is C17H22N4OS. The van der Waals surface area contributed by atoms with Crippen LogP contribution in [0.1, 0.15) is 54.2 Å². The number of aryl methyl sites for hydroxylation is 1. The molecule has 0 atom stereocenters. The zero-order valence-electron chi connectivity index (χ0n) is 13.6. The lowest BCUT2D eigenvalue weighted by Gasteiger charge is -2.18. The van der Waals surface area contributed by atoms with Gasteiger partial charge in [-0.05, 0) is 43.9 Å². The molecular weight excluding hydrogens is 308 g/mol. The lowest BCUT2D eigenvalue weighted by atomic mass is 9.90. The van der Waals surface area contributed by atoms with Crippen molar-refractivity contribution in [3.8, 4) is 0 Å². The zero-order chi connectivity index (χ0) is 16.2. The predicted molar refractivity (Wildman–Crippen MR) is 94.3 cm³/mol. The number of carbonyl (C=O) groups is 1. The van der Waals surface area contributed by atoms with Gasteiger partial charge in [-0.25, -0.2) is 4.79 Å². The average molecular weight is 330 g/mol. The number of anilines is 2. The number of urea groups is 1. The summed E-state index contributed by atoms with van der Waals surface area (Å²) in [6, 6.07) is 5.59. The minimum atomic E-state index is -0.273. The van der Waals surface area contributed by atoms with Crippen LogP contribution in [0.25, 0.3) is 0 Å². The molecule has 0 bridgehead atoms. The smallest absolute Gasteiger partial charge is 0.307 e. The molecule has 1 aliphatic rings. The molecule has 5 nitrogen and oxygen atoms in total. The van der Waals surface area contributed by atoms with Crippen LogP contribution in [0, 0.1) is 13.8 Å². The molecule has 2 amide bonds. The number of hydrogen-bond donors (Lipinski definition) is 2. The van der Waals surface area contributed by atoms with Crippen LogP contribution in [0.15, 0.2) is 18.2 Å². The van der Waals surface area contributed by atoms with E-state index in [0.717, 1.165) is 21.8 Å². The number of carbonyl (C=O) groups excluding carboxylic acids is 1. The largest absolute Gasteiger partial charge is 0.325 e. The van der Waals surface area contributed by atoms with Crippen molar-refractivity contribution in [1.29, 1.82) is 0 Å². The lowest BCUT2D eigenvalue weighted by molar-refractivity contribution is 0.262. The molecule has 1 aromatic heterocycles. The third-order valence-electron chi connectivity index (χ3n) is 4.47. The SMILES string of the molecule is Cc1cccc(NC(=O)Nc2nnc(C3CCCCC3)s2)c1C. The van der Waals surface area contributed by atoms with E-state index in [1.807, 2.05) is 32.0 Å². The van der Waals surface area contributed by atoms with E-state index < -0.39 is 0 Å². The van der Waals surface area contributed by atoms with E-state index in [9.17, 15) is 4.79 Å². The van der Waals surface area contributed by atoms with Crippen LogP contribution in [0.3, 0.4) is 0 Å². The Kier molecular flexibility index (Phi) is 4.91. The Morgan fingerprint density at radius 3 is 2.70 bits per heavy atom. The van der Waals surface area contributed by atoms with Crippen molar-refractivity contribution in [2.45, 2.75) is 51.9 Å². The summed E-state index contributed by atoms with van der Waals surface area (Å²) in [6.45, 7) is 4.02. The van der Waals surface area contributed by atoms with Crippen molar-refractivity contribution in [1.82, 2.24) is 10.2 Å². The molecule has 0 spiro atoms. The Morgan fingerprint density at radius 1 is 1.13 bits per heavy atom. The first kappa shape index (κ1) is 15.9. The van der Waals surface area contributed by atoms with Crippen LogP contribution < -0.4 is 10.6 Å². The second kappa shape index (κ2) is 7.08. The van der Waals surface area contributed by atoms with Gasteiger partial charge in [-0.2, -0.15) is 0 Å². The Labute approximate surface area is 140 Å². The number of aromatic nitrogens is 2. The summed E-state index contributed by atoms with van der Waals surface area (Å²) in [5.41, 5.74) is 3.04. The van der Waals surface area contributed by atoms with Gasteiger partial charge in [0.15, 0.2) is 0 Å². The quantitative estimate of drug-likeness (QED) is 0.845. The molecule has 0 saturated heterocycles. The van der Waals surface area contributed by atoms with Crippen LogP contribution >= 0.6 is 11.3 Å². The van der Waals surface area contributed by atoms with Crippen molar-refractivity contribution >= 4 is 28.2 Å². The monoisotopic (exact) mass is 330 g/mol. The van der Waals surface area contributed by atoms with Gasteiger partial charge >= 0.3 is 6.03 Å². The molecule has 1 aliphatic carbocycles. The van der Waals surface area contributed by atoms with Crippen LogP contribution in [-0.4, -0.2) is 16.2 Å². The number of nitrogens with zero attached hydrogens (tertiary/aromatic N) is 2. The molecule has 2 aromatic rings. The lowest BCUT2D eigenvalue weighted by Crippen LogP contribution is -2.20. The van der Waals surface area contributed by atoms with Crippen LogP contribution in [0.2, 0.25) is 0 Å². The molecule has 1 heterocycles. The molecule has 1 fully saturated rings. The fraction of sp³-hybridized carbons (Fsp3) is 0.471. The summed E-state index contributed by atoms with van der Waals surface area (Å²) in [5.74, 6) is 0.513. The van der Waals surface area contributed by atoms with Gasteiger partial charge in [0.1, 0.15) is 5.01 Å². The first-order chi connectivity index (χ1) is 11.1. The molecule has 0 unspecified atom stereocenters.